The highest BCUT2D eigenvalue weighted by molar-refractivity contribution is 6.36. The predicted octanol–water partition coefficient (Wildman–Crippen LogP) is 3.64. The lowest BCUT2D eigenvalue weighted by molar-refractivity contribution is -0.142. The number of imidazole rings is 1. The van der Waals surface area contributed by atoms with Crippen LogP contribution in [0.3, 0.4) is 0 Å². The molecule has 30 heavy (non-hydrogen) atoms. The lowest BCUT2D eigenvalue weighted by Gasteiger charge is -2.08. The maximum absolute atomic E-state index is 12.1. The molecule has 3 rings (SSSR count). The molecule has 0 atom stereocenters. The third kappa shape index (κ3) is 4.89. The maximum atomic E-state index is 12.1. The molecule has 1 heterocycles. The Morgan fingerprint density at radius 2 is 2.00 bits per heavy atom. The summed E-state index contributed by atoms with van der Waals surface area (Å²) >= 11 is 11.7. The Hall–Kier alpha value is -3.54. The molecule has 8 nitrogen and oxygen atoms in total. The highest BCUT2D eigenvalue weighted by Crippen LogP contribution is 2.21. The van der Waals surface area contributed by atoms with Crippen molar-refractivity contribution in [3.8, 4) is 6.07 Å². The fourth-order valence-corrected chi connectivity index (χ4v) is 3.01. The minimum atomic E-state index is -0.818. The first-order valence-electron chi connectivity index (χ1n) is 8.55. The third-order valence-electron chi connectivity index (χ3n) is 3.97. The van der Waals surface area contributed by atoms with Gasteiger partial charge < -0.3 is 20.1 Å². The molecule has 0 saturated heterocycles. The number of amides is 1. The Labute approximate surface area is 180 Å². The van der Waals surface area contributed by atoms with Gasteiger partial charge in [0.25, 0.3) is 5.91 Å². The second-order valence-corrected chi connectivity index (χ2v) is 6.85. The van der Waals surface area contributed by atoms with Gasteiger partial charge in [0, 0.05) is 5.02 Å². The number of carbonyl (C=O) groups is 2. The van der Waals surface area contributed by atoms with E-state index in [9.17, 15) is 20.0 Å². The van der Waals surface area contributed by atoms with Crippen molar-refractivity contribution >= 4 is 51.7 Å². The number of benzene rings is 2. The number of nitriles is 1. The summed E-state index contributed by atoms with van der Waals surface area (Å²) < 4.78 is 4.91. The van der Waals surface area contributed by atoms with Crippen LogP contribution >= 0.6 is 23.2 Å². The van der Waals surface area contributed by atoms with E-state index in [1.807, 2.05) is 6.07 Å². The first-order chi connectivity index (χ1) is 14.4. The van der Waals surface area contributed by atoms with Gasteiger partial charge >= 0.3 is 5.97 Å². The van der Waals surface area contributed by atoms with Crippen LogP contribution in [0.25, 0.3) is 16.6 Å². The summed E-state index contributed by atoms with van der Waals surface area (Å²) in [4.78, 5) is 31.1. The van der Waals surface area contributed by atoms with Crippen LogP contribution in [-0.2, 0) is 9.53 Å². The van der Waals surface area contributed by atoms with Crippen molar-refractivity contribution in [1.82, 2.24) is 15.3 Å². The van der Waals surface area contributed by atoms with E-state index in [-0.39, 0.29) is 22.0 Å². The number of aliphatic hydroxyl groups is 1. The molecule has 0 aliphatic heterocycles. The van der Waals surface area contributed by atoms with E-state index in [0.29, 0.717) is 16.1 Å². The van der Waals surface area contributed by atoms with Crippen molar-refractivity contribution < 1.29 is 19.4 Å². The summed E-state index contributed by atoms with van der Waals surface area (Å²) in [5.74, 6) is -1.73. The smallest absolute Gasteiger partial charge is 0.325 e. The van der Waals surface area contributed by atoms with E-state index in [4.69, 9.17) is 27.9 Å². The molecule has 0 radical (unpaired) electrons. The highest BCUT2D eigenvalue weighted by Gasteiger charge is 2.16. The summed E-state index contributed by atoms with van der Waals surface area (Å²) in [7, 11) is 0. The fourth-order valence-electron chi connectivity index (χ4n) is 2.52. The van der Waals surface area contributed by atoms with Crippen LogP contribution in [0.2, 0.25) is 10.0 Å². The number of ether oxygens (including phenoxy) is 1. The normalized spacial score (nSPS) is 11.5. The van der Waals surface area contributed by atoms with Gasteiger partial charge in [-0.1, -0.05) is 35.3 Å². The second-order valence-electron chi connectivity index (χ2n) is 6.00. The SMILES string of the molecule is N#C/C(=C(/O)COC(=O)CNC(=O)c1ccc(Cl)cc1Cl)c1nc2ccccc2[nH]1. The van der Waals surface area contributed by atoms with Crippen LogP contribution < -0.4 is 5.32 Å². The summed E-state index contributed by atoms with van der Waals surface area (Å²) in [5, 5.41) is 22.4. The molecule has 2 aromatic carbocycles. The van der Waals surface area contributed by atoms with Crippen molar-refractivity contribution in [2.45, 2.75) is 0 Å². The van der Waals surface area contributed by atoms with Crippen molar-refractivity contribution in [2.24, 2.45) is 0 Å². The van der Waals surface area contributed by atoms with Crippen LogP contribution in [0.15, 0.2) is 48.2 Å². The van der Waals surface area contributed by atoms with Crippen molar-refractivity contribution in [2.75, 3.05) is 13.2 Å². The van der Waals surface area contributed by atoms with E-state index < -0.39 is 30.8 Å². The monoisotopic (exact) mass is 444 g/mol. The zero-order valence-electron chi connectivity index (χ0n) is 15.3. The molecule has 1 amide bonds. The molecular weight excluding hydrogens is 431 g/mol. The first-order valence-corrected chi connectivity index (χ1v) is 9.31. The van der Waals surface area contributed by atoms with Crippen LogP contribution in [0.5, 0.6) is 0 Å². The molecule has 0 unspecified atom stereocenters. The van der Waals surface area contributed by atoms with Crippen LogP contribution in [0.1, 0.15) is 16.2 Å². The number of H-pyrrole nitrogens is 1. The topological polar surface area (TPSA) is 128 Å². The molecule has 0 fully saturated rings. The molecular formula is C20H14Cl2N4O4. The molecule has 1 aromatic heterocycles. The molecule has 3 aromatic rings. The molecule has 0 saturated carbocycles. The van der Waals surface area contributed by atoms with Crippen LogP contribution in [0.4, 0.5) is 0 Å². The molecule has 152 valence electrons. The summed E-state index contributed by atoms with van der Waals surface area (Å²) in [5.41, 5.74) is 1.30. The van der Waals surface area contributed by atoms with Crippen molar-refractivity contribution in [3.05, 3.63) is 69.7 Å². The molecule has 0 aliphatic rings. The van der Waals surface area contributed by atoms with Crippen molar-refractivity contribution in [3.63, 3.8) is 0 Å². The quantitative estimate of drug-likeness (QED) is 0.302. The van der Waals surface area contributed by atoms with Gasteiger partial charge in [-0.2, -0.15) is 5.26 Å². The summed E-state index contributed by atoms with van der Waals surface area (Å²) in [6.07, 6.45) is 0. The van der Waals surface area contributed by atoms with E-state index in [0.717, 1.165) is 0 Å². The van der Waals surface area contributed by atoms with Crippen LogP contribution in [-0.4, -0.2) is 40.1 Å². The largest absolute Gasteiger partial charge is 0.507 e. The van der Waals surface area contributed by atoms with Gasteiger partial charge in [-0.15, -0.1) is 0 Å². The number of aliphatic hydroxyl groups excluding tert-OH is 1. The van der Waals surface area contributed by atoms with E-state index >= 15 is 0 Å². The maximum Gasteiger partial charge on any atom is 0.325 e. The number of hydrogen-bond acceptors (Lipinski definition) is 6. The fraction of sp³-hybridized carbons (Fsp3) is 0.100. The number of nitrogens with one attached hydrogen (secondary N) is 2. The number of rotatable bonds is 6. The Balaban J connectivity index is 1.60. The van der Waals surface area contributed by atoms with E-state index in [1.165, 1.54) is 18.2 Å². The average Bonchev–Trinajstić information content (AvgIpc) is 3.14. The molecule has 3 N–H and O–H groups in total. The van der Waals surface area contributed by atoms with Gasteiger partial charge in [0.2, 0.25) is 0 Å². The lowest BCUT2D eigenvalue weighted by Crippen LogP contribution is -2.31. The third-order valence-corrected chi connectivity index (χ3v) is 4.51. The number of allylic oxidation sites excluding steroid dienone is 1. The number of carbonyl (C=O) groups excluding carboxylic acids is 2. The standard InChI is InChI=1S/C20H14Cl2N4O4/c21-11-5-6-12(14(22)7-11)20(29)24-9-18(28)30-10-17(27)13(8-23)19-25-15-3-1-2-4-16(15)26-19/h1-7,27H,9-10H2,(H,24,29)(H,25,26)/b17-13-. The Kier molecular flexibility index (Phi) is 6.57. The number of para-hydroxylation sites is 2. The number of nitrogens with zero attached hydrogens (tertiary/aromatic N) is 2. The van der Waals surface area contributed by atoms with E-state index in [1.54, 1.807) is 24.3 Å². The molecule has 10 heteroatoms. The minimum absolute atomic E-state index is 0.137. The van der Waals surface area contributed by atoms with Crippen molar-refractivity contribution in [1.29, 1.82) is 5.26 Å². The number of aromatic nitrogens is 2. The van der Waals surface area contributed by atoms with Crippen LogP contribution in [0, 0.1) is 11.3 Å². The molecule has 0 aliphatic carbocycles. The van der Waals surface area contributed by atoms with E-state index in [2.05, 4.69) is 15.3 Å². The van der Waals surface area contributed by atoms with Gasteiger partial charge in [0.15, 0.2) is 11.6 Å². The number of aromatic amines is 1. The molecule has 0 spiro atoms. The number of halogens is 2. The van der Waals surface area contributed by atoms with Gasteiger partial charge in [0.05, 0.1) is 21.6 Å². The van der Waals surface area contributed by atoms with Gasteiger partial charge in [-0.3, -0.25) is 9.59 Å². The number of hydrogen-bond donors (Lipinski definition) is 3. The molecule has 0 bridgehead atoms. The Bertz CT molecular complexity index is 1160. The number of fused-ring (bicyclic) bond motifs is 1. The zero-order valence-corrected chi connectivity index (χ0v) is 16.8. The Morgan fingerprint density at radius 1 is 1.23 bits per heavy atom. The van der Waals surface area contributed by atoms with Gasteiger partial charge in [0.1, 0.15) is 24.8 Å². The second kappa shape index (κ2) is 9.31. The predicted molar refractivity (Wildman–Crippen MR) is 111 cm³/mol. The highest BCUT2D eigenvalue weighted by atomic mass is 35.5. The van der Waals surface area contributed by atoms with Gasteiger partial charge in [-0.05, 0) is 30.3 Å². The average molecular weight is 445 g/mol. The summed E-state index contributed by atoms with van der Waals surface area (Å²) in [6, 6.07) is 13.3. The zero-order chi connectivity index (χ0) is 21.7. The first kappa shape index (κ1) is 21.2. The number of esters is 1. The lowest BCUT2D eigenvalue weighted by atomic mass is 10.2. The minimum Gasteiger partial charge on any atom is -0.507 e. The summed E-state index contributed by atoms with van der Waals surface area (Å²) in [6.45, 7) is -1.02. The van der Waals surface area contributed by atoms with Gasteiger partial charge in [-0.25, -0.2) is 4.98 Å². The Morgan fingerprint density at radius 3 is 2.70 bits per heavy atom.